The van der Waals surface area contributed by atoms with Crippen molar-refractivity contribution in [1.82, 2.24) is 19.6 Å². The molecular formula is C82H122N4O8. The van der Waals surface area contributed by atoms with E-state index in [0.717, 1.165) is 139 Å². The van der Waals surface area contributed by atoms with Crippen molar-refractivity contribution in [3.05, 3.63) is 115 Å². The molecule has 0 atom stereocenters. The summed E-state index contributed by atoms with van der Waals surface area (Å²) >= 11 is 0. The number of likely N-dealkylation sites (tertiary alicyclic amines) is 4. The number of carbonyl (C=O) groups excluding carboxylic acids is 4. The minimum absolute atomic E-state index is 0.00499. The Morgan fingerprint density at radius 1 is 0.309 bits per heavy atom. The highest BCUT2D eigenvalue weighted by Gasteiger charge is 2.41. The second-order valence-electron chi connectivity index (χ2n) is 34.5. The zero-order chi connectivity index (χ0) is 69.3. The monoisotopic (exact) mass is 1290 g/mol. The van der Waals surface area contributed by atoms with Crippen molar-refractivity contribution >= 4 is 23.6 Å². The van der Waals surface area contributed by atoms with Gasteiger partial charge in [0.25, 0.3) is 23.6 Å². The van der Waals surface area contributed by atoms with Crippen LogP contribution >= 0.6 is 0 Å². The lowest BCUT2D eigenvalue weighted by molar-refractivity contribution is -0.133. The maximum absolute atomic E-state index is 14.5. The summed E-state index contributed by atoms with van der Waals surface area (Å²) in [7, 11) is 0. The number of nitrogens with zero attached hydrogens (tertiary/aromatic N) is 4. The molecule has 4 aliphatic rings. The van der Waals surface area contributed by atoms with Crippen LogP contribution in [0.15, 0.2) is 48.5 Å². The van der Waals surface area contributed by atoms with Crippen LogP contribution in [-0.2, 0) is 66.5 Å². The molecule has 0 unspecified atom stereocenters. The van der Waals surface area contributed by atoms with E-state index in [2.05, 4.69) is 201 Å². The fourth-order valence-electron chi connectivity index (χ4n) is 13.5. The molecule has 0 bridgehead atoms. The van der Waals surface area contributed by atoms with Gasteiger partial charge >= 0.3 is 0 Å². The third-order valence-corrected chi connectivity index (χ3v) is 24.2. The number of benzene rings is 4. The van der Waals surface area contributed by atoms with E-state index in [1.54, 1.807) is 0 Å². The Hall–Kier alpha value is -6.04. The normalized spacial score (nSPS) is 16.4. The molecule has 0 saturated carbocycles. The average molecular weight is 1290 g/mol. The van der Waals surface area contributed by atoms with Crippen LogP contribution in [0.1, 0.15) is 264 Å². The fourth-order valence-corrected chi connectivity index (χ4v) is 13.5. The molecule has 0 spiro atoms. The van der Waals surface area contributed by atoms with Crippen LogP contribution in [0.5, 0.6) is 23.0 Å². The Labute approximate surface area is 568 Å². The van der Waals surface area contributed by atoms with Crippen LogP contribution in [0, 0.1) is 28.6 Å². The van der Waals surface area contributed by atoms with Crippen molar-refractivity contribution in [2.45, 2.75) is 251 Å². The summed E-state index contributed by atoms with van der Waals surface area (Å²) < 4.78 is 28.3. The standard InChI is InChI=1S/C82H122N4O8/c1-23-56-44-64(80(17,18)76(6,7)8)46-58(72(56)92-52-68(88)84-34-26-27-35-84)42-60-48-66(82(21,22)78(12,13)14)50-62(74(60)94-54-70(90)86-38-30-31-39-86)43-61-49-65(81(19,20)77(9,10)11)47-59(73(61)93-53-69(89)85-36-28-29-37-85)41-57-45-63(79(15,16)75(3,4)5)40-55(2)71(57)91-51-67(87)83-32-24-25-33-83/h40,44-50H,23-39,41-43,51-54H2,1-22H3. The first-order chi connectivity index (χ1) is 43.7. The molecule has 4 saturated heterocycles. The van der Waals surface area contributed by atoms with E-state index in [1.165, 1.54) is 11.1 Å². The molecule has 518 valence electrons. The zero-order valence-electron chi connectivity index (χ0n) is 62.6. The Bertz CT molecular complexity index is 3370. The molecular weight excluding hydrogens is 1170 g/mol. The van der Waals surface area contributed by atoms with E-state index in [4.69, 9.17) is 18.9 Å². The molecule has 12 heteroatoms. The molecule has 4 aromatic carbocycles. The predicted octanol–water partition coefficient (Wildman–Crippen LogP) is 16.6. The van der Waals surface area contributed by atoms with Crippen LogP contribution in [0.2, 0.25) is 0 Å². The van der Waals surface area contributed by atoms with Crippen molar-refractivity contribution in [2.24, 2.45) is 21.7 Å². The van der Waals surface area contributed by atoms with Gasteiger partial charge < -0.3 is 38.5 Å². The summed E-state index contributed by atoms with van der Waals surface area (Å²) in [6, 6.07) is 18.4. The minimum Gasteiger partial charge on any atom is -0.483 e. The SMILES string of the molecule is CCc1cc(C(C)(C)C(C)(C)C)cc(Cc2cc(C(C)(C)C(C)(C)C)cc(Cc3cc(C(C)(C)C(C)(C)C)cc(Cc4cc(C(C)(C)C(C)(C)C)cc(C)c4OCC(=O)N4CCCC4)c3OCC(=O)N3CCCC3)c2OCC(=O)N2CCCC2)c1OCC(=O)N1CCCC1. The molecule has 4 heterocycles. The van der Waals surface area contributed by atoms with E-state index in [9.17, 15) is 19.2 Å². The topological polar surface area (TPSA) is 118 Å². The van der Waals surface area contributed by atoms with E-state index < -0.39 is 10.8 Å². The van der Waals surface area contributed by atoms with E-state index in [1.807, 2.05) is 19.6 Å². The Balaban J connectivity index is 1.43. The third-order valence-electron chi connectivity index (χ3n) is 24.2. The molecule has 12 nitrogen and oxygen atoms in total. The van der Waals surface area contributed by atoms with Gasteiger partial charge in [-0.3, -0.25) is 19.2 Å². The molecule has 4 aliphatic heterocycles. The Kier molecular flexibility index (Phi) is 22.4. The van der Waals surface area contributed by atoms with Gasteiger partial charge in [-0.05, 0) is 175 Å². The number of carbonyl (C=O) groups is 4. The van der Waals surface area contributed by atoms with Gasteiger partial charge in [-0.25, -0.2) is 0 Å². The lowest BCUT2D eigenvalue weighted by Gasteiger charge is -2.41. The van der Waals surface area contributed by atoms with Crippen LogP contribution in [0.4, 0.5) is 0 Å². The molecule has 4 aromatic rings. The first kappa shape index (κ1) is 73.8. The highest BCUT2D eigenvalue weighted by Crippen LogP contribution is 2.50. The third kappa shape index (κ3) is 16.2. The van der Waals surface area contributed by atoms with Gasteiger partial charge in [-0.2, -0.15) is 0 Å². The molecule has 8 rings (SSSR count). The summed E-state index contributed by atoms with van der Waals surface area (Å²) in [4.78, 5) is 64.7. The number of ether oxygens (including phenoxy) is 4. The first-order valence-electron chi connectivity index (χ1n) is 35.9. The fraction of sp³-hybridized carbons (Fsp3) is 0.659. The Morgan fingerprint density at radius 3 is 0.723 bits per heavy atom. The van der Waals surface area contributed by atoms with Crippen molar-refractivity contribution in [1.29, 1.82) is 0 Å². The van der Waals surface area contributed by atoms with Gasteiger partial charge in [-0.1, -0.05) is 194 Å². The van der Waals surface area contributed by atoms with Crippen LogP contribution in [0.3, 0.4) is 0 Å². The quantitative estimate of drug-likeness (QED) is 0.0721. The summed E-state index contributed by atoms with van der Waals surface area (Å²) in [5.41, 5.74) is 10.1. The number of amides is 4. The lowest BCUT2D eigenvalue weighted by atomic mass is 9.64. The zero-order valence-corrected chi connectivity index (χ0v) is 62.6. The summed E-state index contributed by atoms with van der Waals surface area (Å²) in [6.45, 7) is 55.7. The summed E-state index contributed by atoms with van der Waals surface area (Å²) in [6.07, 6.45) is 9.59. The number of hydrogen-bond acceptors (Lipinski definition) is 8. The first-order valence-corrected chi connectivity index (χ1v) is 35.9. The molecule has 94 heavy (non-hydrogen) atoms. The Morgan fingerprint density at radius 2 is 0.500 bits per heavy atom. The maximum Gasteiger partial charge on any atom is 0.260 e. The van der Waals surface area contributed by atoms with E-state index in [0.29, 0.717) is 69.1 Å². The van der Waals surface area contributed by atoms with Crippen LogP contribution in [-0.4, -0.2) is 122 Å². The number of aryl methyl sites for hydroxylation is 2. The molecule has 0 N–H and O–H groups in total. The van der Waals surface area contributed by atoms with Crippen molar-refractivity contribution in [3.63, 3.8) is 0 Å². The van der Waals surface area contributed by atoms with Gasteiger partial charge in [0, 0.05) is 71.6 Å². The van der Waals surface area contributed by atoms with Gasteiger partial charge in [0.2, 0.25) is 0 Å². The van der Waals surface area contributed by atoms with Gasteiger partial charge in [-0.15, -0.1) is 0 Å². The second kappa shape index (κ2) is 28.6. The van der Waals surface area contributed by atoms with Crippen molar-refractivity contribution in [3.8, 4) is 23.0 Å². The smallest absolute Gasteiger partial charge is 0.260 e. The molecule has 0 aromatic heterocycles. The van der Waals surface area contributed by atoms with Gasteiger partial charge in [0.05, 0.1) is 0 Å². The minimum atomic E-state index is -0.397. The number of rotatable bonds is 23. The second-order valence-corrected chi connectivity index (χ2v) is 34.5. The van der Waals surface area contributed by atoms with Gasteiger partial charge in [0.15, 0.2) is 26.4 Å². The highest BCUT2D eigenvalue weighted by molar-refractivity contribution is 5.80. The van der Waals surface area contributed by atoms with Crippen LogP contribution < -0.4 is 18.9 Å². The maximum atomic E-state index is 14.5. The van der Waals surface area contributed by atoms with E-state index in [-0.39, 0.29) is 82.5 Å². The largest absolute Gasteiger partial charge is 0.483 e. The van der Waals surface area contributed by atoms with Crippen LogP contribution in [0.25, 0.3) is 0 Å². The predicted molar refractivity (Wildman–Crippen MR) is 383 cm³/mol. The lowest BCUT2D eigenvalue weighted by Crippen LogP contribution is -2.35. The molecule has 0 radical (unpaired) electrons. The molecule has 0 aliphatic carbocycles. The van der Waals surface area contributed by atoms with Crippen molar-refractivity contribution in [2.75, 3.05) is 78.8 Å². The molecule has 4 amide bonds. The average Bonchev–Trinajstić information content (AvgIpc) is 0.836. The highest BCUT2D eigenvalue weighted by atomic mass is 16.5. The van der Waals surface area contributed by atoms with E-state index >= 15 is 0 Å². The summed E-state index contributed by atoms with van der Waals surface area (Å²) in [5.74, 6) is 2.55. The number of hydrogen-bond donors (Lipinski definition) is 0. The molecule has 4 fully saturated rings. The summed E-state index contributed by atoms with van der Waals surface area (Å²) in [5, 5.41) is 0. The van der Waals surface area contributed by atoms with Gasteiger partial charge in [0.1, 0.15) is 23.0 Å². The van der Waals surface area contributed by atoms with Crippen molar-refractivity contribution < 1.29 is 38.1 Å².